The lowest BCUT2D eigenvalue weighted by molar-refractivity contribution is -0.161. The standard InChI is InChI=1S/C84H164O17P2/c1-5-9-13-17-21-25-29-32-35-37-38-39-40-41-43-45-48-51-55-59-63-67-71-84(89)101-80(75-95-82(87)69-65-61-57-53-49-47-44-42-36-33-30-26-22-18-14-10-6-2)77-99-103(92,93)97-73-78(85)72-96-102(90,91)98-76-79(74-94-81(86)68-64-60-56-52-28-24-20-16-12-8-4)100-83(88)70-66-62-58-54-50-46-34-31-27-23-19-15-11-7-3/h78-80,85H,5-77H2,1-4H3,(H,90,91)(H,92,93)/t78-,79+,80+/m0/s1. The van der Waals surface area contributed by atoms with Gasteiger partial charge in [0.15, 0.2) is 12.2 Å². The Morgan fingerprint density at radius 1 is 0.233 bits per heavy atom. The predicted octanol–water partition coefficient (Wildman–Crippen LogP) is 25.7. The molecule has 0 heterocycles. The Morgan fingerprint density at radius 3 is 0.573 bits per heavy atom. The number of hydrogen-bond donors (Lipinski definition) is 3. The summed E-state index contributed by atoms with van der Waals surface area (Å²) < 4.78 is 68.8. The maximum atomic E-state index is 13.1. The van der Waals surface area contributed by atoms with Crippen LogP contribution in [-0.2, 0) is 65.4 Å². The topological polar surface area (TPSA) is 237 Å². The SMILES string of the molecule is CCCCCCCCCCCCCCCCCCCCCCCCC(=O)O[C@H](COC(=O)CCCCCCCCCCCCCCCCCCC)COP(=O)(O)OC[C@@H](O)COP(=O)(O)OC[C@@H](COC(=O)CCCCCCCCCCCC)OC(=O)CCCCCCCCCCCCCCCC. The number of esters is 4. The lowest BCUT2D eigenvalue weighted by Gasteiger charge is -2.21. The van der Waals surface area contributed by atoms with Crippen molar-refractivity contribution in [1.29, 1.82) is 0 Å². The van der Waals surface area contributed by atoms with Gasteiger partial charge >= 0.3 is 39.5 Å². The largest absolute Gasteiger partial charge is 0.472 e. The first-order valence-corrected chi connectivity index (χ1v) is 46.8. The second-order valence-corrected chi connectivity index (χ2v) is 33.1. The highest BCUT2D eigenvalue weighted by Crippen LogP contribution is 2.45. The molecule has 0 aliphatic rings. The fraction of sp³-hybridized carbons (Fsp3) is 0.952. The molecule has 0 rings (SSSR count). The van der Waals surface area contributed by atoms with Crippen LogP contribution < -0.4 is 0 Å². The van der Waals surface area contributed by atoms with Crippen molar-refractivity contribution in [3.63, 3.8) is 0 Å². The smallest absolute Gasteiger partial charge is 0.462 e. The Hall–Kier alpha value is -1.94. The van der Waals surface area contributed by atoms with Crippen LogP contribution in [0.4, 0.5) is 0 Å². The molecule has 0 spiro atoms. The summed E-state index contributed by atoms with van der Waals surface area (Å²) in [6, 6.07) is 0. The third kappa shape index (κ3) is 78.0. The minimum atomic E-state index is -4.96. The van der Waals surface area contributed by atoms with Gasteiger partial charge in [-0.15, -0.1) is 0 Å². The van der Waals surface area contributed by atoms with Gasteiger partial charge in [0.05, 0.1) is 26.4 Å². The summed E-state index contributed by atoms with van der Waals surface area (Å²) in [5.74, 6) is -2.10. The zero-order chi connectivity index (χ0) is 75.3. The van der Waals surface area contributed by atoms with Crippen molar-refractivity contribution >= 4 is 39.5 Å². The van der Waals surface area contributed by atoms with Crippen LogP contribution in [0.1, 0.15) is 458 Å². The van der Waals surface area contributed by atoms with Crippen molar-refractivity contribution in [1.82, 2.24) is 0 Å². The molecule has 5 atom stereocenters. The van der Waals surface area contributed by atoms with Gasteiger partial charge in [0.25, 0.3) is 0 Å². The molecule has 0 aliphatic carbocycles. The second kappa shape index (κ2) is 78.2. The summed E-state index contributed by atoms with van der Waals surface area (Å²) in [4.78, 5) is 73.1. The van der Waals surface area contributed by atoms with Gasteiger partial charge < -0.3 is 33.8 Å². The molecule has 3 N–H and O–H groups in total. The molecule has 0 saturated heterocycles. The molecule has 19 heteroatoms. The maximum absolute atomic E-state index is 13.1. The van der Waals surface area contributed by atoms with E-state index < -0.39 is 97.5 Å². The fourth-order valence-electron chi connectivity index (χ4n) is 13.2. The van der Waals surface area contributed by atoms with Gasteiger partial charge in [0, 0.05) is 25.7 Å². The van der Waals surface area contributed by atoms with Gasteiger partial charge in [0.1, 0.15) is 19.3 Å². The number of aliphatic hydroxyl groups is 1. The van der Waals surface area contributed by atoms with Crippen LogP contribution in [0.5, 0.6) is 0 Å². The lowest BCUT2D eigenvalue weighted by atomic mass is 10.0. The molecule has 103 heavy (non-hydrogen) atoms. The third-order valence-corrected chi connectivity index (χ3v) is 21.8. The number of carbonyl (C=O) groups is 4. The maximum Gasteiger partial charge on any atom is 0.472 e. The van der Waals surface area contributed by atoms with Crippen LogP contribution in [0, 0.1) is 0 Å². The molecule has 0 aromatic heterocycles. The summed E-state index contributed by atoms with van der Waals surface area (Å²) in [6.45, 7) is 5.04. The Bertz CT molecular complexity index is 1950. The Labute approximate surface area is 632 Å². The quantitative estimate of drug-likeness (QED) is 0.0222. The molecule has 2 unspecified atom stereocenters. The third-order valence-electron chi connectivity index (χ3n) is 19.9. The molecule has 0 radical (unpaired) electrons. The molecule has 0 fully saturated rings. The molecule has 0 amide bonds. The first kappa shape index (κ1) is 101. The predicted molar refractivity (Wildman–Crippen MR) is 423 cm³/mol. The van der Waals surface area contributed by atoms with Gasteiger partial charge in [-0.05, 0) is 25.7 Å². The first-order chi connectivity index (χ1) is 50.2. The van der Waals surface area contributed by atoms with E-state index in [1.54, 1.807) is 0 Å². The molecule has 0 aromatic carbocycles. The number of aliphatic hydroxyl groups excluding tert-OH is 1. The van der Waals surface area contributed by atoms with Gasteiger partial charge in [-0.2, -0.15) is 0 Å². The van der Waals surface area contributed by atoms with Gasteiger partial charge in [-0.3, -0.25) is 37.3 Å². The molecule has 0 aromatic rings. The van der Waals surface area contributed by atoms with E-state index in [9.17, 15) is 43.2 Å². The van der Waals surface area contributed by atoms with E-state index in [2.05, 4.69) is 27.7 Å². The van der Waals surface area contributed by atoms with Crippen LogP contribution >= 0.6 is 15.6 Å². The van der Waals surface area contributed by atoms with Crippen LogP contribution in [0.3, 0.4) is 0 Å². The van der Waals surface area contributed by atoms with E-state index in [1.165, 1.54) is 289 Å². The Kier molecular flexibility index (Phi) is 76.7. The molecular weight excluding hydrogens is 1340 g/mol. The van der Waals surface area contributed by atoms with Crippen molar-refractivity contribution in [2.45, 2.75) is 476 Å². The first-order valence-electron chi connectivity index (χ1n) is 43.8. The normalized spacial score (nSPS) is 13.7. The monoisotopic (exact) mass is 1510 g/mol. The Morgan fingerprint density at radius 2 is 0.388 bits per heavy atom. The molecular formula is C84H164O17P2. The van der Waals surface area contributed by atoms with Crippen molar-refractivity contribution in [3.05, 3.63) is 0 Å². The van der Waals surface area contributed by atoms with Crippen molar-refractivity contribution < 1.29 is 80.2 Å². The van der Waals surface area contributed by atoms with E-state index in [0.717, 1.165) is 89.9 Å². The summed E-state index contributed by atoms with van der Waals surface area (Å²) in [7, 11) is -9.92. The highest BCUT2D eigenvalue weighted by atomic mass is 31.2. The van der Waals surface area contributed by atoms with E-state index in [4.69, 9.17) is 37.0 Å². The minimum Gasteiger partial charge on any atom is -0.462 e. The highest BCUT2D eigenvalue weighted by molar-refractivity contribution is 7.47. The summed E-state index contributed by atoms with van der Waals surface area (Å²) in [5.41, 5.74) is 0. The number of phosphoric acid groups is 2. The molecule has 0 saturated carbocycles. The van der Waals surface area contributed by atoms with Crippen LogP contribution in [0.15, 0.2) is 0 Å². The zero-order valence-corrected chi connectivity index (χ0v) is 69.1. The minimum absolute atomic E-state index is 0.109. The van der Waals surface area contributed by atoms with E-state index >= 15 is 0 Å². The van der Waals surface area contributed by atoms with Gasteiger partial charge in [-0.25, -0.2) is 9.13 Å². The highest BCUT2D eigenvalue weighted by Gasteiger charge is 2.30. The second-order valence-electron chi connectivity index (χ2n) is 30.2. The number of phosphoric ester groups is 2. The summed E-state index contributed by atoms with van der Waals surface area (Å²) in [5, 5.41) is 10.7. The van der Waals surface area contributed by atoms with Crippen LogP contribution in [0.25, 0.3) is 0 Å². The molecule has 17 nitrogen and oxygen atoms in total. The summed E-state index contributed by atoms with van der Waals surface area (Å²) in [6.07, 6.45) is 72.2. The summed E-state index contributed by atoms with van der Waals surface area (Å²) >= 11 is 0. The van der Waals surface area contributed by atoms with Gasteiger partial charge in [-0.1, -0.05) is 407 Å². The van der Waals surface area contributed by atoms with E-state index in [-0.39, 0.29) is 25.7 Å². The van der Waals surface area contributed by atoms with Crippen LogP contribution in [-0.4, -0.2) is 96.7 Å². The van der Waals surface area contributed by atoms with E-state index in [0.29, 0.717) is 25.7 Å². The molecule has 0 bridgehead atoms. The number of hydrogen-bond acceptors (Lipinski definition) is 15. The Balaban J connectivity index is 5.21. The number of unbranched alkanes of at least 4 members (excludes halogenated alkanes) is 59. The van der Waals surface area contributed by atoms with E-state index in [1.807, 2.05) is 0 Å². The van der Waals surface area contributed by atoms with Crippen molar-refractivity contribution in [2.24, 2.45) is 0 Å². The number of carbonyl (C=O) groups excluding carboxylic acids is 4. The molecule has 0 aliphatic heterocycles. The average Bonchev–Trinajstić information content (AvgIpc) is 0.963. The number of ether oxygens (including phenoxy) is 4. The zero-order valence-electron chi connectivity index (χ0n) is 67.3. The van der Waals surface area contributed by atoms with Crippen molar-refractivity contribution in [3.8, 4) is 0 Å². The van der Waals surface area contributed by atoms with Crippen LogP contribution in [0.2, 0.25) is 0 Å². The average molecular weight is 1510 g/mol. The number of rotatable bonds is 85. The van der Waals surface area contributed by atoms with Crippen molar-refractivity contribution in [2.75, 3.05) is 39.6 Å². The van der Waals surface area contributed by atoms with Gasteiger partial charge in [0.2, 0.25) is 0 Å². The lowest BCUT2D eigenvalue weighted by Crippen LogP contribution is -2.30. The molecule has 612 valence electrons. The fourth-order valence-corrected chi connectivity index (χ4v) is 14.7.